The van der Waals surface area contributed by atoms with Crippen LogP contribution in [0.25, 0.3) is 10.8 Å². The van der Waals surface area contributed by atoms with E-state index in [9.17, 15) is 9.90 Å². The van der Waals surface area contributed by atoms with Crippen molar-refractivity contribution >= 4 is 22.5 Å². The van der Waals surface area contributed by atoms with Crippen LogP contribution < -0.4 is 10.6 Å². The van der Waals surface area contributed by atoms with Crippen molar-refractivity contribution < 1.29 is 9.90 Å². The number of amides is 2. The second-order valence-corrected chi connectivity index (χ2v) is 5.19. The van der Waals surface area contributed by atoms with Crippen molar-refractivity contribution in [1.29, 1.82) is 0 Å². The molecule has 3 aromatic rings. The maximum absolute atomic E-state index is 11.8. The number of anilines is 1. The Bertz CT molecular complexity index is 805. The number of fused-ring (bicyclic) bond motifs is 1. The maximum Gasteiger partial charge on any atom is 0.319 e. The number of aromatic nitrogens is 1. The number of carbonyl (C=O) groups is 1. The summed E-state index contributed by atoms with van der Waals surface area (Å²) in [4.78, 5) is 15.7. The first-order chi connectivity index (χ1) is 11.2. The molecule has 0 saturated carbocycles. The minimum absolute atomic E-state index is 0.134. The Morgan fingerprint density at radius 3 is 2.57 bits per heavy atom. The molecule has 0 aliphatic rings. The highest BCUT2D eigenvalue weighted by Gasteiger charge is 2.10. The van der Waals surface area contributed by atoms with E-state index >= 15 is 0 Å². The third-order valence-corrected chi connectivity index (χ3v) is 3.55. The minimum atomic E-state index is -0.761. The van der Waals surface area contributed by atoms with Gasteiger partial charge in [0.2, 0.25) is 0 Å². The van der Waals surface area contributed by atoms with E-state index in [-0.39, 0.29) is 12.6 Å². The molecule has 116 valence electrons. The van der Waals surface area contributed by atoms with Crippen molar-refractivity contribution in [2.24, 2.45) is 0 Å². The fraction of sp³-hybridized carbons (Fsp3) is 0.111. The quantitative estimate of drug-likeness (QED) is 0.693. The molecule has 2 aromatic carbocycles. The first kappa shape index (κ1) is 15.0. The molecule has 2 amide bonds. The third kappa shape index (κ3) is 3.84. The third-order valence-electron chi connectivity index (χ3n) is 3.55. The van der Waals surface area contributed by atoms with Crippen LogP contribution in [0.4, 0.5) is 10.5 Å². The molecule has 1 aromatic heterocycles. The van der Waals surface area contributed by atoms with Crippen LogP contribution in [-0.2, 0) is 0 Å². The fourth-order valence-corrected chi connectivity index (χ4v) is 2.33. The lowest BCUT2D eigenvalue weighted by atomic mass is 10.0. The van der Waals surface area contributed by atoms with Crippen LogP contribution in [0, 0.1) is 0 Å². The summed E-state index contributed by atoms with van der Waals surface area (Å²) in [5.41, 5.74) is 1.42. The first-order valence-corrected chi connectivity index (χ1v) is 7.34. The van der Waals surface area contributed by atoms with Gasteiger partial charge in [0.15, 0.2) is 0 Å². The number of urea groups is 1. The average Bonchev–Trinajstić information content (AvgIpc) is 2.60. The summed E-state index contributed by atoms with van der Waals surface area (Å²) in [5.74, 6) is 0. The van der Waals surface area contributed by atoms with Crippen LogP contribution in [-0.4, -0.2) is 22.7 Å². The van der Waals surface area contributed by atoms with Crippen LogP contribution in [0.15, 0.2) is 67.0 Å². The van der Waals surface area contributed by atoms with Crippen LogP contribution in [0.5, 0.6) is 0 Å². The molecule has 0 aliphatic carbocycles. The minimum Gasteiger partial charge on any atom is -0.387 e. The lowest BCUT2D eigenvalue weighted by molar-refractivity contribution is 0.175. The monoisotopic (exact) mass is 307 g/mol. The molecule has 0 bridgehead atoms. The number of nitrogens with one attached hydrogen (secondary N) is 2. The second kappa shape index (κ2) is 6.89. The van der Waals surface area contributed by atoms with Gasteiger partial charge in [-0.3, -0.25) is 4.98 Å². The van der Waals surface area contributed by atoms with Crippen molar-refractivity contribution in [3.8, 4) is 0 Å². The second-order valence-electron chi connectivity index (χ2n) is 5.19. The Kier molecular flexibility index (Phi) is 4.49. The van der Waals surface area contributed by atoms with Gasteiger partial charge in [0.05, 0.1) is 6.10 Å². The molecular weight excluding hydrogens is 290 g/mol. The molecule has 0 saturated heterocycles. The van der Waals surface area contributed by atoms with Crippen LogP contribution in [0.2, 0.25) is 0 Å². The summed E-state index contributed by atoms with van der Waals surface area (Å²) in [6.45, 7) is 0.134. The molecule has 0 fully saturated rings. The van der Waals surface area contributed by atoms with E-state index in [0.717, 1.165) is 16.3 Å². The molecule has 0 unspecified atom stereocenters. The molecule has 0 radical (unpaired) electrons. The summed E-state index contributed by atoms with van der Waals surface area (Å²) in [6, 6.07) is 16.7. The van der Waals surface area contributed by atoms with E-state index in [1.54, 1.807) is 24.5 Å². The van der Waals surface area contributed by atoms with Crippen LogP contribution in [0.1, 0.15) is 11.7 Å². The Balaban J connectivity index is 1.59. The van der Waals surface area contributed by atoms with Gasteiger partial charge < -0.3 is 15.7 Å². The van der Waals surface area contributed by atoms with Gasteiger partial charge in [-0.2, -0.15) is 0 Å². The fourth-order valence-electron chi connectivity index (χ4n) is 2.33. The summed E-state index contributed by atoms with van der Waals surface area (Å²) >= 11 is 0. The highest BCUT2D eigenvalue weighted by atomic mass is 16.3. The zero-order valence-electron chi connectivity index (χ0n) is 12.4. The summed E-state index contributed by atoms with van der Waals surface area (Å²) < 4.78 is 0. The van der Waals surface area contributed by atoms with E-state index in [0.29, 0.717) is 5.69 Å². The van der Waals surface area contributed by atoms with Crippen molar-refractivity contribution in [2.75, 3.05) is 11.9 Å². The average molecular weight is 307 g/mol. The Hall–Kier alpha value is -2.92. The van der Waals surface area contributed by atoms with Gasteiger partial charge in [-0.05, 0) is 34.5 Å². The largest absolute Gasteiger partial charge is 0.387 e. The number of hydrogen-bond acceptors (Lipinski definition) is 3. The number of aliphatic hydroxyl groups excluding tert-OH is 1. The van der Waals surface area contributed by atoms with Gasteiger partial charge in [-0.15, -0.1) is 0 Å². The number of hydrogen-bond donors (Lipinski definition) is 3. The zero-order chi connectivity index (χ0) is 16.1. The van der Waals surface area contributed by atoms with E-state index in [1.165, 1.54) is 0 Å². The number of benzene rings is 2. The van der Waals surface area contributed by atoms with Crippen molar-refractivity contribution in [2.45, 2.75) is 6.10 Å². The van der Waals surface area contributed by atoms with Gasteiger partial charge >= 0.3 is 6.03 Å². The van der Waals surface area contributed by atoms with Gasteiger partial charge in [-0.1, -0.05) is 36.4 Å². The summed E-state index contributed by atoms with van der Waals surface area (Å²) in [6.07, 6.45) is 2.43. The number of aliphatic hydroxyl groups is 1. The molecule has 1 heterocycles. The number of carbonyl (C=O) groups excluding carboxylic acids is 1. The molecule has 5 heteroatoms. The zero-order valence-corrected chi connectivity index (χ0v) is 12.4. The number of nitrogens with zero attached hydrogens (tertiary/aromatic N) is 1. The lowest BCUT2D eigenvalue weighted by Crippen LogP contribution is -2.32. The smallest absolute Gasteiger partial charge is 0.319 e. The van der Waals surface area contributed by atoms with Crippen LogP contribution >= 0.6 is 0 Å². The molecule has 1 atom stereocenters. The number of rotatable bonds is 4. The standard InChI is InChI=1S/C18H17N3O2/c22-17(12-20-18(23)21-16-7-9-19-10-8-16)15-6-5-13-3-1-2-4-14(13)11-15/h1-11,17,22H,12H2,(H2,19,20,21,23)/t17-/m0/s1. The van der Waals surface area contributed by atoms with E-state index in [1.807, 2.05) is 42.5 Å². The first-order valence-electron chi connectivity index (χ1n) is 7.34. The molecule has 3 rings (SSSR count). The van der Waals surface area contributed by atoms with E-state index < -0.39 is 6.10 Å². The SMILES string of the molecule is O=C(NC[C@H](O)c1ccc2ccccc2c1)Nc1ccncc1. The molecule has 0 aliphatic heterocycles. The van der Waals surface area contributed by atoms with Crippen molar-refractivity contribution in [1.82, 2.24) is 10.3 Å². The topological polar surface area (TPSA) is 74.2 Å². The van der Waals surface area contributed by atoms with E-state index in [2.05, 4.69) is 15.6 Å². The summed E-state index contributed by atoms with van der Waals surface area (Å²) in [5, 5.41) is 17.8. The Morgan fingerprint density at radius 2 is 1.78 bits per heavy atom. The normalized spacial score (nSPS) is 11.9. The van der Waals surface area contributed by atoms with Gasteiger partial charge in [0, 0.05) is 24.6 Å². The molecule has 5 nitrogen and oxygen atoms in total. The molecule has 0 spiro atoms. The van der Waals surface area contributed by atoms with Crippen molar-refractivity contribution in [3.05, 3.63) is 72.6 Å². The van der Waals surface area contributed by atoms with Gasteiger partial charge in [-0.25, -0.2) is 4.79 Å². The maximum atomic E-state index is 11.8. The lowest BCUT2D eigenvalue weighted by Gasteiger charge is -2.13. The Morgan fingerprint density at radius 1 is 1.04 bits per heavy atom. The van der Waals surface area contributed by atoms with Crippen LogP contribution in [0.3, 0.4) is 0 Å². The predicted molar refractivity (Wildman–Crippen MR) is 90.2 cm³/mol. The molecule has 3 N–H and O–H groups in total. The van der Waals surface area contributed by atoms with Gasteiger partial charge in [0.1, 0.15) is 0 Å². The number of pyridine rings is 1. The van der Waals surface area contributed by atoms with E-state index in [4.69, 9.17) is 0 Å². The molecular formula is C18H17N3O2. The predicted octanol–water partition coefficient (Wildman–Crippen LogP) is 3.09. The molecule has 23 heavy (non-hydrogen) atoms. The highest BCUT2D eigenvalue weighted by molar-refractivity contribution is 5.89. The highest BCUT2D eigenvalue weighted by Crippen LogP contribution is 2.20. The van der Waals surface area contributed by atoms with Crippen molar-refractivity contribution in [3.63, 3.8) is 0 Å². The Labute approximate surface area is 134 Å². The summed E-state index contributed by atoms with van der Waals surface area (Å²) in [7, 11) is 0. The van der Waals surface area contributed by atoms with Gasteiger partial charge in [0.25, 0.3) is 0 Å².